The molecule has 92 valence electrons. The molecule has 1 nitrogen and oxygen atoms in total. The van der Waals surface area contributed by atoms with Crippen LogP contribution in [0.4, 0.5) is 0 Å². The van der Waals surface area contributed by atoms with E-state index in [0.717, 1.165) is 17.0 Å². The second kappa shape index (κ2) is 4.96. The topological polar surface area (TPSA) is 26.0 Å². The second-order valence-corrected chi connectivity index (χ2v) is 6.20. The van der Waals surface area contributed by atoms with E-state index in [2.05, 4.69) is 24.3 Å². The van der Waals surface area contributed by atoms with Crippen LogP contribution in [0.25, 0.3) is 0 Å². The number of halogens is 1. The number of hydrogen-bond donors (Lipinski definition) is 1. The summed E-state index contributed by atoms with van der Waals surface area (Å²) in [6, 6.07) is 16.4. The zero-order chi connectivity index (χ0) is 12.5. The van der Waals surface area contributed by atoms with Crippen molar-refractivity contribution < 1.29 is 0 Å². The van der Waals surface area contributed by atoms with Gasteiger partial charge in [0.25, 0.3) is 0 Å². The quantitative estimate of drug-likeness (QED) is 0.895. The molecule has 0 radical (unpaired) electrons. The summed E-state index contributed by atoms with van der Waals surface area (Å²) < 4.78 is 0. The van der Waals surface area contributed by atoms with E-state index in [1.807, 2.05) is 36.0 Å². The Labute approximate surface area is 116 Å². The van der Waals surface area contributed by atoms with Gasteiger partial charge in [-0.25, -0.2) is 0 Å². The zero-order valence-corrected chi connectivity index (χ0v) is 11.4. The van der Waals surface area contributed by atoms with Crippen LogP contribution in [-0.4, -0.2) is 5.25 Å². The number of thioether (sulfide) groups is 1. The Balaban J connectivity index is 1.85. The molecule has 1 aliphatic rings. The van der Waals surface area contributed by atoms with E-state index < -0.39 is 0 Å². The fraction of sp³-hybridized carbons (Fsp3) is 0.200. The summed E-state index contributed by atoms with van der Waals surface area (Å²) in [6.07, 6.45) is 1.02. The van der Waals surface area contributed by atoms with Crippen LogP contribution in [0, 0.1) is 0 Å². The van der Waals surface area contributed by atoms with E-state index in [4.69, 9.17) is 17.3 Å². The van der Waals surface area contributed by atoms with Gasteiger partial charge in [-0.3, -0.25) is 0 Å². The molecule has 0 aliphatic carbocycles. The van der Waals surface area contributed by atoms with Gasteiger partial charge in [0.05, 0.1) is 0 Å². The highest BCUT2D eigenvalue weighted by atomic mass is 35.5. The first-order valence-corrected chi connectivity index (χ1v) is 7.26. The van der Waals surface area contributed by atoms with Gasteiger partial charge < -0.3 is 5.73 Å². The van der Waals surface area contributed by atoms with Gasteiger partial charge >= 0.3 is 0 Å². The molecular formula is C15H14ClNS. The number of rotatable bonds is 2. The average Bonchev–Trinajstić information content (AvgIpc) is 2.82. The largest absolute Gasteiger partial charge is 0.323 e. The smallest absolute Gasteiger partial charge is 0.0454 e. The fourth-order valence-electron chi connectivity index (χ4n) is 2.35. The lowest BCUT2D eigenvalue weighted by atomic mass is 9.99. The SMILES string of the molecule is NC(c1ccccc1Cl)C1Cc2ccccc2S1. The van der Waals surface area contributed by atoms with Crippen molar-refractivity contribution in [3.8, 4) is 0 Å². The zero-order valence-electron chi connectivity index (χ0n) is 9.84. The summed E-state index contributed by atoms with van der Waals surface area (Å²) in [7, 11) is 0. The number of nitrogens with two attached hydrogens (primary N) is 1. The molecule has 1 heterocycles. The Morgan fingerprint density at radius 2 is 1.83 bits per heavy atom. The summed E-state index contributed by atoms with van der Waals surface area (Å²) in [5, 5.41) is 1.14. The molecule has 0 bridgehead atoms. The van der Waals surface area contributed by atoms with Gasteiger partial charge in [0.1, 0.15) is 0 Å². The van der Waals surface area contributed by atoms with Crippen molar-refractivity contribution >= 4 is 23.4 Å². The lowest BCUT2D eigenvalue weighted by Crippen LogP contribution is -2.23. The van der Waals surface area contributed by atoms with Crippen molar-refractivity contribution in [2.75, 3.05) is 0 Å². The van der Waals surface area contributed by atoms with Gasteiger partial charge in [-0.1, -0.05) is 48.0 Å². The molecule has 2 unspecified atom stereocenters. The predicted molar refractivity (Wildman–Crippen MR) is 78.2 cm³/mol. The van der Waals surface area contributed by atoms with Gasteiger partial charge in [0.2, 0.25) is 0 Å². The Kier molecular flexibility index (Phi) is 3.33. The molecule has 2 atom stereocenters. The molecule has 2 aromatic carbocycles. The molecule has 0 saturated heterocycles. The molecule has 0 saturated carbocycles. The van der Waals surface area contributed by atoms with Crippen LogP contribution in [0.5, 0.6) is 0 Å². The minimum Gasteiger partial charge on any atom is -0.323 e. The van der Waals surface area contributed by atoms with Crippen LogP contribution in [0.3, 0.4) is 0 Å². The minimum atomic E-state index is -0.0175. The van der Waals surface area contributed by atoms with Gasteiger partial charge in [0, 0.05) is 21.2 Å². The van der Waals surface area contributed by atoms with E-state index in [0.29, 0.717) is 5.25 Å². The molecule has 0 fully saturated rings. The van der Waals surface area contributed by atoms with Crippen molar-refractivity contribution in [1.29, 1.82) is 0 Å². The number of benzene rings is 2. The monoisotopic (exact) mass is 275 g/mol. The Hall–Kier alpha value is -0.960. The van der Waals surface area contributed by atoms with E-state index in [9.17, 15) is 0 Å². The van der Waals surface area contributed by atoms with Gasteiger partial charge in [-0.15, -0.1) is 11.8 Å². The molecule has 1 aliphatic heterocycles. The third kappa shape index (κ3) is 2.16. The van der Waals surface area contributed by atoms with E-state index in [1.165, 1.54) is 10.5 Å². The van der Waals surface area contributed by atoms with E-state index >= 15 is 0 Å². The van der Waals surface area contributed by atoms with Crippen molar-refractivity contribution in [2.45, 2.75) is 22.6 Å². The maximum atomic E-state index is 6.38. The van der Waals surface area contributed by atoms with Crippen molar-refractivity contribution in [3.63, 3.8) is 0 Å². The first-order chi connectivity index (χ1) is 8.75. The van der Waals surface area contributed by atoms with Crippen LogP contribution in [0.2, 0.25) is 5.02 Å². The van der Waals surface area contributed by atoms with Crippen molar-refractivity contribution in [3.05, 3.63) is 64.7 Å². The highest BCUT2D eigenvalue weighted by Gasteiger charge is 2.28. The summed E-state index contributed by atoms with van der Waals surface area (Å²) >= 11 is 8.08. The minimum absolute atomic E-state index is 0.0175. The number of fused-ring (bicyclic) bond motifs is 1. The molecule has 0 aromatic heterocycles. The maximum Gasteiger partial charge on any atom is 0.0454 e. The Bertz CT molecular complexity index is 545. The van der Waals surface area contributed by atoms with Crippen LogP contribution in [0.1, 0.15) is 17.2 Å². The summed E-state index contributed by atoms with van der Waals surface area (Å²) in [6.45, 7) is 0. The van der Waals surface area contributed by atoms with Gasteiger partial charge in [0.15, 0.2) is 0 Å². The molecule has 18 heavy (non-hydrogen) atoms. The lowest BCUT2D eigenvalue weighted by molar-refractivity contribution is 0.678. The molecule has 2 N–H and O–H groups in total. The van der Waals surface area contributed by atoms with Crippen molar-refractivity contribution in [1.82, 2.24) is 0 Å². The number of hydrogen-bond acceptors (Lipinski definition) is 2. The average molecular weight is 276 g/mol. The van der Waals surface area contributed by atoms with Crippen LogP contribution < -0.4 is 5.73 Å². The Morgan fingerprint density at radius 1 is 1.11 bits per heavy atom. The van der Waals surface area contributed by atoms with Crippen molar-refractivity contribution in [2.24, 2.45) is 5.73 Å². The van der Waals surface area contributed by atoms with E-state index in [1.54, 1.807) is 0 Å². The normalized spacial score (nSPS) is 19.6. The third-order valence-corrected chi connectivity index (χ3v) is 5.10. The van der Waals surface area contributed by atoms with Gasteiger partial charge in [-0.05, 0) is 29.7 Å². The molecule has 2 aromatic rings. The predicted octanol–water partition coefficient (Wildman–Crippen LogP) is 4.06. The van der Waals surface area contributed by atoms with Crippen LogP contribution in [-0.2, 0) is 6.42 Å². The first-order valence-electron chi connectivity index (χ1n) is 6.00. The molecule has 0 amide bonds. The summed E-state index contributed by atoms with van der Waals surface area (Å²) in [4.78, 5) is 1.35. The van der Waals surface area contributed by atoms with Crippen LogP contribution >= 0.6 is 23.4 Å². The summed E-state index contributed by atoms with van der Waals surface area (Å²) in [5.74, 6) is 0. The summed E-state index contributed by atoms with van der Waals surface area (Å²) in [5.41, 5.74) is 8.82. The molecule has 3 rings (SSSR count). The lowest BCUT2D eigenvalue weighted by Gasteiger charge is -2.19. The first kappa shape index (κ1) is 12.1. The maximum absolute atomic E-state index is 6.38. The fourth-order valence-corrected chi connectivity index (χ4v) is 3.96. The highest BCUT2D eigenvalue weighted by molar-refractivity contribution is 8.00. The third-order valence-electron chi connectivity index (χ3n) is 3.34. The van der Waals surface area contributed by atoms with E-state index in [-0.39, 0.29) is 6.04 Å². The molecule has 3 heteroatoms. The highest BCUT2D eigenvalue weighted by Crippen LogP contribution is 2.42. The Morgan fingerprint density at radius 3 is 2.61 bits per heavy atom. The molecular weight excluding hydrogens is 262 g/mol. The molecule has 0 spiro atoms. The van der Waals surface area contributed by atoms with Gasteiger partial charge in [-0.2, -0.15) is 0 Å². The standard InChI is InChI=1S/C15H14ClNS/c16-12-7-3-2-6-11(12)15(17)14-9-10-5-1-4-8-13(10)18-14/h1-8,14-15H,9,17H2. The van der Waals surface area contributed by atoms with Crippen LogP contribution in [0.15, 0.2) is 53.4 Å². The second-order valence-electron chi connectivity index (χ2n) is 4.52.